The highest BCUT2D eigenvalue weighted by molar-refractivity contribution is 5.91. The van der Waals surface area contributed by atoms with Crippen molar-refractivity contribution in [3.05, 3.63) is 60.8 Å². The number of hydrogen-bond acceptors (Lipinski definition) is 5. The predicted molar refractivity (Wildman–Crippen MR) is 120 cm³/mol. The van der Waals surface area contributed by atoms with E-state index < -0.39 is 0 Å². The number of aromatic amines is 1. The van der Waals surface area contributed by atoms with Gasteiger partial charge in [-0.2, -0.15) is 5.10 Å². The van der Waals surface area contributed by atoms with E-state index in [0.717, 1.165) is 52.4 Å². The van der Waals surface area contributed by atoms with E-state index >= 15 is 0 Å². The smallest absolute Gasteiger partial charge is 0.383 e. The summed E-state index contributed by atoms with van der Waals surface area (Å²) in [6.07, 6.45) is 11.9. The highest BCUT2D eigenvalue weighted by Gasteiger charge is 2.22. The molecule has 1 aliphatic heterocycles. The largest absolute Gasteiger partial charge is 0.391 e. The van der Waals surface area contributed by atoms with Gasteiger partial charge in [-0.15, -0.1) is 4.57 Å². The number of hydrogen-bond donors (Lipinski definition) is 3. The van der Waals surface area contributed by atoms with Crippen LogP contribution in [0, 0.1) is 0 Å². The first-order valence-electron chi connectivity index (χ1n) is 10.6. The second-order valence-electron chi connectivity index (χ2n) is 7.96. The molecule has 1 fully saturated rings. The number of anilines is 1. The van der Waals surface area contributed by atoms with E-state index in [1.165, 1.54) is 5.56 Å². The Morgan fingerprint density at radius 1 is 1.23 bits per heavy atom. The molecular weight excluding hydrogens is 388 g/mol. The van der Waals surface area contributed by atoms with Crippen LogP contribution in [0.5, 0.6) is 0 Å². The highest BCUT2D eigenvalue weighted by atomic mass is 16.1. The van der Waals surface area contributed by atoms with Gasteiger partial charge in [0.15, 0.2) is 12.4 Å². The standard InChI is InChI=1S/C24H24N6O/c1-2-23(31)30-7-5-15-8-16(9-20(21(15)14-30)22-4-3-6-26-22)17-10-19(24(25)27-11-17)18-12-28-29-13-18/h5,7-14,22,25-26H,2-4,6H2,1H3,(H,28,29)/p+1. The lowest BCUT2D eigenvalue weighted by molar-refractivity contribution is -0.572. The van der Waals surface area contributed by atoms with E-state index in [4.69, 9.17) is 5.73 Å². The molecule has 0 aliphatic carbocycles. The molecule has 156 valence electrons. The number of benzene rings is 1. The predicted octanol–water partition coefficient (Wildman–Crippen LogP) is 3.64. The second kappa shape index (κ2) is 7.92. The van der Waals surface area contributed by atoms with Crippen molar-refractivity contribution in [1.82, 2.24) is 20.5 Å². The summed E-state index contributed by atoms with van der Waals surface area (Å²) < 4.78 is 1.70. The topological polar surface area (TPSA) is 101 Å². The lowest BCUT2D eigenvalue weighted by atomic mass is 9.93. The maximum Gasteiger partial charge on any atom is 0.391 e. The van der Waals surface area contributed by atoms with Crippen LogP contribution >= 0.6 is 0 Å². The molecular formula is C24H25N6O+. The lowest BCUT2D eigenvalue weighted by Gasteiger charge is -2.16. The fraction of sp³-hybridized carbons (Fsp3) is 0.250. The van der Waals surface area contributed by atoms with Crippen LogP contribution in [-0.4, -0.2) is 27.6 Å². The maximum absolute atomic E-state index is 12.3. The van der Waals surface area contributed by atoms with Crippen LogP contribution in [0.4, 0.5) is 5.82 Å². The number of nitrogens with zero attached hydrogens (tertiary/aromatic N) is 3. The van der Waals surface area contributed by atoms with Crippen LogP contribution in [0.3, 0.4) is 0 Å². The summed E-state index contributed by atoms with van der Waals surface area (Å²) in [4.78, 5) is 16.7. The Morgan fingerprint density at radius 3 is 2.87 bits per heavy atom. The van der Waals surface area contributed by atoms with Crippen molar-refractivity contribution in [1.29, 1.82) is 0 Å². The Labute approximate surface area is 180 Å². The number of fused-ring (bicyclic) bond motifs is 1. The summed E-state index contributed by atoms with van der Waals surface area (Å²) in [5.41, 5.74) is 11.2. The lowest BCUT2D eigenvalue weighted by Crippen LogP contribution is -2.41. The monoisotopic (exact) mass is 413 g/mol. The molecule has 0 radical (unpaired) electrons. The average molecular weight is 414 g/mol. The summed E-state index contributed by atoms with van der Waals surface area (Å²) in [6.45, 7) is 2.89. The highest BCUT2D eigenvalue weighted by Crippen LogP contribution is 2.35. The minimum absolute atomic E-state index is 0.0868. The number of H-pyrrole nitrogens is 1. The number of pyridine rings is 2. The fourth-order valence-corrected chi connectivity index (χ4v) is 4.33. The van der Waals surface area contributed by atoms with E-state index in [-0.39, 0.29) is 11.9 Å². The molecule has 4 heterocycles. The van der Waals surface area contributed by atoms with Crippen molar-refractivity contribution in [2.45, 2.75) is 32.2 Å². The minimum atomic E-state index is 0.0868. The zero-order valence-electron chi connectivity index (χ0n) is 17.4. The molecule has 1 unspecified atom stereocenters. The molecule has 7 nitrogen and oxygen atoms in total. The number of carbonyl (C=O) groups is 1. The van der Waals surface area contributed by atoms with Crippen LogP contribution in [0.25, 0.3) is 33.0 Å². The molecule has 5 rings (SSSR count). The molecule has 7 heteroatoms. The maximum atomic E-state index is 12.3. The molecule has 0 bridgehead atoms. The van der Waals surface area contributed by atoms with Crippen molar-refractivity contribution in [3.8, 4) is 22.3 Å². The number of carbonyl (C=O) groups excluding carboxylic acids is 1. The van der Waals surface area contributed by atoms with Crippen molar-refractivity contribution in [2.75, 3.05) is 12.3 Å². The van der Waals surface area contributed by atoms with Crippen LogP contribution < -0.4 is 15.6 Å². The van der Waals surface area contributed by atoms with Gasteiger partial charge >= 0.3 is 5.91 Å². The van der Waals surface area contributed by atoms with Gasteiger partial charge in [-0.3, -0.25) is 5.10 Å². The van der Waals surface area contributed by atoms with E-state index in [1.54, 1.807) is 10.8 Å². The summed E-state index contributed by atoms with van der Waals surface area (Å²) in [6, 6.07) is 8.72. The van der Waals surface area contributed by atoms with Gasteiger partial charge in [-0.1, -0.05) is 6.92 Å². The van der Waals surface area contributed by atoms with Gasteiger partial charge < -0.3 is 11.1 Å². The van der Waals surface area contributed by atoms with E-state index in [9.17, 15) is 4.79 Å². The van der Waals surface area contributed by atoms with E-state index in [1.807, 2.05) is 37.8 Å². The van der Waals surface area contributed by atoms with Gasteiger partial charge in [-0.05, 0) is 54.1 Å². The summed E-state index contributed by atoms with van der Waals surface area (Å²) in [5.74, 6) is 0.562. The molecule has 1 atom stereocenters. The molecule has 3 aromatic heterocycles. The average Bonchev–Trinajstić information content (AvgIpc) is 3.52. The first-order chi connectivity index (χ1) is 15.1. The summed E-state index contributed by atoms with van der Waals surface area (Å²) in [7, 11) is 0. The van der Waals surface area contributed by atoms with Gasteiger partial charge in [-0.25, -0.2) is 9.78 Å². The number of nitrogens with two attached hydrogens (primary N) is 1. The first kappa shape index (κ1) is 19.4. The molecule has 1 aromatic carbocycles. The number of rotatable bonds is 4. The molecule has 31 heavy (non-hydrogen) atoms. The van der Waals surface area contributed by atoms with E-state index in [0.29, 0.717) is 12.2 Å². The summed E-state index contributed by atoms with van der Waals surface area (Å²) in [5, 5.41) is 12.7. The quantitative estimate of drug-likeness (QED) is 0.444. The van der Waals surface area contributed by atoms with Crippen LogP contribution in [0.1, 0.15) is 42.6 Å². The van der Waals surface area contributed by atoms with E-state index in [2.05, 4.69) is 38.7 Å². The Bertz CT molecular complexity index is 1260. The fourth-order valence-electron chi connectivity index (χ4n) is 4.33. The van der Waals surface area contributed by atoms with Gasteiger partial charge in [0.05, 0.1) is 18.0 Å². The Kier molecular flexibility index (Phi) is 4.95. The molecule has 4 N–H and O–H groups in total. The zero-order valence-corrected chi connectivity index (χ0v) is 17.4. The van der Waals surface area contributed by atoms with Crippen molar-refractivity contribution in [3.63, 3.8) is 0 Å². The Balaban J connectivity index is 1.68. The third kappa shape index (κ3) is 3.57. The molecule has 1 aliphatic rings. The van der Waals surface area contributed by atoms with Crippen LogP contribution in [-0.2, 0) is 0 Å². The summed E-state index contributed by atoms with van der Waals surface area (Å²) >= 11 is 0. The third-order valence-corrected chi connectivity index (χ3v) is 6.01. The SMILES string of the molecule is CCC(=O)[n+]1ccc2cc(-c3cnc(N)c(-c4cn[nH]c4)c3)cc(C3CCCN3)c2c1. The Hall–Kier alpha value is -3.58. The third-order valence-electron chi connectivity index (χ3n) is 6.01. The minimum Gasteiger partial charge on any atom is -0.383 e. The zero-order chi connectivity index (χ0) is 21.4. The van der Waals surface area contributed by atoms with Crippen molar-refractivity contribution in [2.24, 2.45) is 0 Å². The second-order valence-corrected chi connectivity index (χ2v) is 7.96. The normalized spacial score (nSPS) is 16.1. The van der Waals surface area contributed by atoms with Gasteiger partial charge in [0.1, 0.15) is 5.82 Å². The van der Waals surface area contributed by atoms with Crippen LogP contribution in [0.15, 0.2) is 55.2 Å². The van der Waals surface area contributed by atoms with Gasteiger partial charge in [0, 0.05) is 41.2 Å². The first-order valence-corrected chi connectivity index (χ1v) is 10.6. The molecule has 1 saturated heterocycles. The molecule has 0 spiro atoms. The van der Waals surface area contributed by atoms with Gasteiger partial charge in [0.25, 0.3) is 0 Å². The van der Waals surface area contributed by atoms with Crippen LogP contribution in [0.2, 0.25) is 0 Å². The molecule has 0 saturated carbocycles. The van der Waals surface area contributed by atoms with Crippen molar-refractivity contribution < 1.29 is 9.36 Å². The van der Waals surface area contributed by atoms with Crippen molar-refractivity contribution >= 4 is 22.5 Å². The number of aromatic nitrogens is 4. The number of nitrogens with one attached hydrogen (secondary N) is 2. The molecule has 4 aromatic rings. The Morgan fingerprint density at radius 2 is 2.13 bits per heavy atom. The number of nitrogen functional groups attached to an aromatic ring is 1. The molecule has 0 amide bonds. The van der Waals surface area contributed by atoms with Gasteiger partial charge in [0.2, 0.25) is 0 Å².